The van der Waals surface area contributed by atoms with Gasteiger partial charge in [0, 0.05) is 37.4 Å². The number of amides is 1. The number of ether oxygens (including phenoxy) is 1. The molecule has 2 saturated heterocycles. The van der Waals surface area contributed by atoms with Crippen LogP contribution in [0.1, 0.15) is 54.3 Å². The highest BCUT2D eigenvalue weighted by molar-refractivity contribution is 8.01. The van der Waals surface area contributed by atoms with Crippen molar-refractivity contribution in [3.8, 4) is 0 Å². The van der Waals surface area contributed by atoms with Crippen LogP contribution >= 0.6 is 11.8 Å². The fourth-order valence-electron chi connectivity index (χ4n) is 3.59. The molecule has 4 aliphatic rings. The van der Waals surface area contributed by atoms with E-state index >= 15 is 0 Å². The predicted molar refractivity (Wildman–Crippen MR) is 86.7 cm³/mol. The molecule has 23 heavy (non-hydrogen) atoms. The van der Waals surface area contributed by atoms with Gasteiger partial charge in [-0.2, -0.15) is 0 Å². The van der Waals surface area contributed by atoms with Crippen molar-refractivity contribution in [2.24, 2.45) is 5.92 Å². The van der Waals surface area contributed by atoms with E-state index in [4.69, 9.17) is 9.26 Å². The van der Waals surface area contributed by atoms with Gasteiger partial charge in [0.25, 0.3) is 5.91 Å². The maximum atomic E-state index is 12.5. The van der Waals surface area contributed by atoms with Gasteiger partial charge in [-0.05, 0) is 38.0 Å². The highest BCUT2D eigenvalue weighted by Gasteiger charge is 2.51. The number of likely N-dealkylation sites (tertiary alicyclic amines) is 1. The highest BCUT2D eigenvalue weighted by Crippen LogP contribution is 2.47. The summed E-state index contributed by atoms with van der Waals surface area (Å²) in [6.07, 6.45) is 6.47. The van der Waals surface area contributed by atoms with Gasteiger partial charge in [-0.25, -0.2) is 0 Å². The number of hydrogen-bond acceptors (Lipinski definition) is 5. The third-order valence-electron chi connectivity index (χ3n) is 5.41. The zero-order valence-corrected chi connectivity index (χ0v) is 14.0. The highest BCUT2D eigenvalue weighted by atomic mass is 32.2. The molecule has 124 valence electrons. The van der Waals surface area contributed by atoms with E-state index in [1.165, 1.54) is 12.8 Å². The fraction of sp³-hybridized carbons (Fsp3) is 0.765. The second-order valence-electron chi connectivity index (χ2n) is 7.65. The first-order chi connectivity index (χ1) is 11.2. The van der Waals surface area contributed by atoms with Crippen LogP contribution in [0, 0.1) is 5.92 Å². The summed E-state index contributed by atoms with van der Waals surface area (Å²) >= 11 is 1.99. The third-order valence-corrected chi connectivity index (χ3v) is 6.99. The SMILES string of the molecule is O=C(c1cc(C2CC2)on1)N1CC2(C[C@@H](OCC3CC3)CS2)C1. The summed E-state index contributed by atoms with van der Waals surface area (Å²) in [6, 6.07) is 1.84. The van der Waals surface area contributed by atoms with Crippen molar-refractivity contribution in [2.45, 2.75) is 48.9 Å². The Labute approximate surface area is 140 Å². The van der Waals surface area contributed by atoms with Crippen LogP contribution in [-0.4, -0.2) is 52.3 Å². The molecule has 1 aromatic rings. The minimum absolute atomic E-state index is 0.0224. The average molecular weight is 334 g/mol. The maximum Gasteiger partial charge on any atom is 0.276 e. The van der Waals surface area contributed by atoms with Crippen LogP contribution in [0.4, 0.5) is 0 Å². The van der Waals surface area contributed by atoms with Crippen molar-refractivity contribution < 1.29 is 14.1 Å². The van der Waals surface area contributed by atoms with Gasteiger partial charge in [0.05, 0.1) is 10.9 Å². The summed E-state index contributed by atoms with van der Waals surface area (Å²) in [4.78, 5) is 14.4. The topological polar surface area (TPSA) is 55.6 Å². The van der Waals surface area contributed by atoms with Crippen molar-refractivity contribution in [3.63, 3.8) is 0 Å². The van der Waals surface area contributed by atoms with Crippen LogP contribution < -0.4 is 0 Å². The van der Waals surface area contributed by atoms with Gasteiger partial charge >= 0.3 is 0 Å². The first-order valence-electron chi connectivity index (χ1n) is 8.72. The minimum Gasteiger partial charge on any atom is -0.377 e. The monoisotopic (exact) mass is 334 g/mol. The molecule has 2 aliphatic heterocycles. The molecular weight excluding hydrogens is 312 g/mol. The number of carbonyl (C=O) groups is 1. The van der Waals surface area contributed by atoms with Crippen LogP contribution in [0.25, 0.3) is 0 Å². The number of nitrogens with zero attached hydrogens (tertiary/aromatic N) is 2. The van der Waals surface area contributed by atoms with E-state index < -0.39 is 0 Å². The van der Waals surface area contributed by atoms with Crippen LogP contribution in [-0.2, 0) is 4.74 Å². The molecule has 1 aromatic heterocycles. The number of carbonyl (C=O) groups excluding carboxylic acids is 1. The van der Waals surface area contributed by atoms with Crippen LogP contribution in [0.15, 0.2) is 10.6 Å². The Morgan fingerprint density at radius 3 is 2.96 bits per heavy atom. The lowest BCUT2D eigenvalue weighted by Gasteiger charge is -2.47. The number of hydrogen-bond donors (Lipinski definition) is 0. The van der Waals surface area contributed by atoms with Crippen molar-refractivity contribution in [3.05, 3.63) is 17.5 Å². The fourth-order valence-corrected chi connectivity index (χ4v) is 5.14. The molecule has 0 radical (unpaired) electrons. The zero-order valence-electron chi connectivity index (χ0n) is 13.2. The summed E-state index contributed by atoms with van der Waals surface area (Å²) in [5.74, 6) is 3.30. The number of thioether (sulfide) groups is 1. The molecule has 6 heteroatoms. The van der Waals surface area contributed by atoms with E-state index in [2.05, 4.69) is 5.16 Å². The predicted octanol–water partition coefficient (Wildman–Crippen LogP) is 2.68. The Bertz CT molecular complexity index is 617. The summed E-state index contributed by atoms with van der Waals surface area (Å²) < 4.78 is 11.6. The Hall–Kier alpha value is -1.01. The molecule has 1 spiro atoms. The molecule has 0 unspecified atom stereocenters. The zero-order chi connectivity index (χ0) is 15.4. The molecule has 2 aliphatic carbocycles. The van der Waals surface area contributed by atoms with Crippen LogP contribution in [0.3, 0.4) is 0 Å². The molecular formula is C17H22N2O3S. The molecule has 5 rings (SSSR count). The summed E-state index contributed by atoms with van der Waals surface area (Å²) in [6.45, 7) is 2.59. The first-order valence-corrected chi connectivity index (χ1v) is 9.71. The van der Waals surface area contributed by atoms with E-state index in [-0.39, 0.29) is 10.7 Å². The van der Waals surface area contributed by atoms with Crippen molar-refractivity contribution in [1.82, 2.24) is 10.1 Å². The van der Waals surface area contributed by atoms with Crippen molar-refractivity contribution in [1.29, 1.82) is 0 Å². The molecule has 1 amide bonds. The lowest BCUT2D eigenvalue weighted by atomic mass is 9.92. The van der Waals surface area contributed by atoms with E-state index in [1.807, 2.05) is 22.7 Å². The summed E-state index contributed by atoms with van der Waals surface area (Å²) in [7, 11) is 0. The number of aromatic nitrogens is 1. The summed E-state index contributed by atoms with van der Waals surface area (Å²) in [5, 5.41) is 3.97. The second-order valence-corrected chi connectivity index (χ2v) is 9.13. The average Bonchev–Trinajstić information content (AvgIpc) is 3.45. The number of rotatable bonds is 5. The normalized spacial score (nSPS) is 29.0. The Morgan fingerprint density at radius 1 is 1.39 bits per heavy atom. The molecule has 1 atom stereocenters. The van der Waals surface area contributed by atoms with Gasteiger partial charge in [0.15, 0.2) is 5.69 Å². The van der Waals surface area contributed by atoms with Crippen LogP contribution in [0.2, 0.25) is 0 Å². The molecule has 2 saturated carbocycles. The Morgan fingerprint density at radius 2 is 2.22 bits per heavy atom. The molecule has 0 N–H and O–H groups in total. The van der Waals surface area contributed by atoms with E-state index in [1.54, 1.807) is 0 Å². The van der Waals surface area contributed by atoms with Crippen LogP contribution in [0.5, 0.6) is 0 Å². The Kier molecular flexibility index (Phi) is 3.27. The third kappa shape index (κ3) is 2.80. The standard InChI is InChI=1S/C17H22N2O3S/c20-16(14-5-15(22-18-14)12-3-4-12)19-9-17(10-19)6-13(8-23-17)21-7-11-1-2-11/h5,11-13H,1-4,6-10H2/t13-/m1/s1. The van der Waals surface area contributed by atoms with Crippen molar-refractivity contribution in [2.75, 3.05) is 25.4 Å². The maximum absolute atomic E-state index is 12.5. The largest absolute Gasteiger partial charge is 0.377 e. The molecule has 0 aromatic carbocycles. The lowest BCUT2D eigenvalue weighted by molar-refractivity contribution is 0.0282. The smallest absolute Gasteiger partial charge is 0.276 e. The van der Waals surface area contributed by atoms with Gasteiger partial charge in [-0.3, -0.25) is 4.79 Å². The molecule has 0 bridgehead atoms. The first kappa shape index (κ1) is 14.3. The van der Waals surface area contributed by atoms with Gasteiger partial charge in [-0.1, -0.05) is 5.16 Å². The van der Waals surface area contributed by atoms with Gasteiger partial charge < -0.3 is 14.2 Å². The van der Waals surface area contributed by atoms with Crippen molar-refractivity contribution >= 4 is 17.7 Å². The lowest BCUT2D eigenvalue weighted by Crippen LogP contribution is -2.60. The van der Waals surface area contributed by atoms with E-state index in [0.29, 0.717) is 17.7 Å². The Balaban J connectivity index is 1.15. The quantitative estimate of drug-likeness (QED) is 0.829. The van der Waals surface area contributed by atoms with Gasteiger partial charge in [-0.15, -0.1) is 11.8 Å². The molecule has 4 fully saturated rings. The van der Waals surface area contributed by atoms with E-state index in [0.717, 1.165) is 56.4 Å². The van der Waals surface area contributed by atoms with Gasteiger partial charge in [0.1, 0.15) is 5.76 Å². The summed E-state index contributed by atoms with van der Waals surface area (Å²) in [5.41, 5.74) is 0.478. The molecule has 3 heterocycles. The molecule has 5 nitrogen and oxygen atoms in total. The van der Waals surface area contributed by atoms with Gasteiger partial charge in [0.2, 0.25) is 0 Å². The minimum atomic E-state index is 0.0224. The van der Waals surface area contributed by atoms with E-state index in [9.17, 15) is 4.79 Å². The second kappa shape index (κ2) is 5.24.